The average molecular weight is 459 g/mol. The molecule has 0 atom stereocenters. The molecule has 1 amide bonds. The summed E-state index contributed by atoms with van der Waals surface area (Å²) < 4.78 is 69.1. The summed E-state index contributed by atoms with van der Waals surface area (Å²) >= 11 is 0. The van der Waals surface area contributed by atoms with E-state index < -0.39 is 27.8 Å². The van der Waals surface area contributed by atoms with Crippen molar-refractivity contribution in [3.05, 3.63) is 70.6 Å². The topological polar surface area (TPSA) is 83.1 Å². The van der Waals surface area contributed by atoms with Gasteiger partial charge in [-0.3, -0.25) is 0 Å². The van der Waals surface area contributed by atoms with E-state index >= 15 is 0 Å². The van der Waals surface area contributed by atoms with Crippen LogP contribution in [0.15, 0.2) is 59.5 Å². The van der Waals surface area contributed by atoms with Gasteiger partial charge < -0.3 is 9.52 Å². The molecule has 0 aliphatic carbocycles. The van der Waals surface area contributed by atoms with Gasteiger partial charge in [-0.05, 0) is 37.6 Å². The fraction of sp³-hybridized carbons (Fsp3) is 0.200. The molecule has 158 valence electrons. The number of aromatic nitrogens is 2. The zero-order valence-corrected chi connectivity index (χ0v) is 19.8. The van der Waals surface area contributed by atoms with Crippen molar-refractivity contribution in [3.8, 4) is 16.9 Å². The van der Waals surface area contributed by atoms with E-state index in [2.05, 4.69) is 9.82 Å². The molecule has 0 saturated carbocycles. The second-order valence-electron chi connectivity index (χ2n) is 6.41. The summed E-state index contributed by atoms with van der Waals surface area (Å²) in [5.74, 6) is -0.785. The standard InChI is InChI=1S/C20H18F3N3O3S.Na/c1-3-17(27)25-30(28,29)16-11-9-14(10-12-16)18-13(2)19(20(21,22)23)24-26(18)15-7-5-4-6-8-15;/h4-12H,3H2,1-2H3,(H,25,27);/q;+1/p-1. The SMILES string of the molecule is CCC(=O)[N-]S(=O)(=O)c1ccc(-c2c(C)c(C(F)(F)F)nn2-c2ccccc2)cc1.[Na+]. The predicted octanol–water partition coefficient (Wildman–Crippen LogP) is 1.87. The van der Waals surface area contributed by atoms with E-state index in [0.717, 1.165) is 0 Å². The quantitative estimate of drug-likeness (QED) is 0.546. The zero-order valence-electron chi connectivity index (χ0n) is 17.0. The van der Waals surface area contributed by atoms with Crippen LogP contribution >= 0.6 is 0 Å². The summed E-state index contributed by atoms with van der Waals surface area (Å²) in [6, 6.07) is 13.4. The number of carbonyl (C=O) groups is 1. The number of alkyl halides is 3. The summed E-state index contributed by atoms with van der Waals surface area (Å²) in [6.45, 7) is 2.79. The van der Waals surface area contributed by atoms with Gasteiger partial charge >= 0.3 is 35.7 Å². The van der Waals surface area contributed by atoms with E-state index in [1.807, 2.05) is 0 Å². The Hall–Kier alpha value is -2.14. The van der Waals surface area contributed by atoms with Crippen molar-refractivity contribution in [2.45, 2.75) is 31.3 Å². The van der Waals surface area contributed by atoms with Crippen LogP contribution in [0.5, 0.6) is 0 Å². The molecule has 6 nitrogen and oxygen atoms in total. The largest absolute Gasteiger partial charge is 1.00 e. The zero-order chi connectivity index (χ0) is 22.1. The molecule has 0 radical (unpaired) electrons. The molecule has 3 rings (SSSR count). The van der Waals surface area contributed by atoms with Gasteiger partial charge in [0.05, 0.1) is 22.2 Å². The average Bonchev–Trinajstić information content (AvgIpc) is 3.06. The molecule has 3 aromatic rings. The maximum Gasteiger partial charge on any atom is 1.00 e. The van der Waals surface area contributed by atoms with Crippen molar-refractivity contribution in [2.24, 2.45) is 0 Å². The molecule has 0 N–H and O–H groups in total. The Labute approximate surface area is 199 Å². The number of rotatable bonds is 5. The smallest absolute Gasteiger partial charge is 0.542 e. The Morgan fingerprint density at radius 1 is 1.06 bits per heavy atom. The maximum atomic E-state index is 13.4. The van der Waals surface area contributed by atoms with Gasteiger partial charge in [0.25, 0.3) is 0 Å². The van der Waals surface area contributed by atoms with Gasteiger partial charge in [0.2, 0.25) is 0 Å². The molecule has 0 aliphatic rings. The van der Waals surface area contributed by atoms with Crippen LogP contribution in [0.2, 0.25) is 0 Å². The minimum absolute atomic E-state index is 0. The maximum absolute atomic E-state index is 13.4. The van der Waals surface area contributed by atoms with Crippen LogP contribution in [0.1, 0.15) is 24.6 Å². The van der Waals surface area contributed by atoms with E-state index in [-0.39, 0.29) is 52.1 Å². The minimum atomic E-state index is -4.65. The van der Waals surface area contributed by atoms with Crippen molar-refractivity contribution < 1.29 is 55.9 Å². The van der Waals surface area contributed by atoms with Gasteiger partial charge in [0.1, 0.15) is 10.0 Å². The number of amides is 1. The van der Waals surface area contributed by atoms with Gasteiger partial charge in [-0.25, -0.2) is 13.1 Å². The molecule has 0 fully saturated rings. The van der Waals surface area contributed by atoms with E-state index in [9.17, 15) is 26.4 Å². The third-order valence-electron chi connectivity index (χ3n) is 4.34. The number of para-hydroxylation sites is 1. The monoisotopic (exact) mass is 459 g/mol. The van der Waals surface area contributed by atoms with Crippen molar-refractivity contribution in [3.63, 3.8) is 0 Å². The fourth-order valence-electron chi connectivity index (χ4n) is 2.90. The number of hydrogen-bond donors (Lipinski definition) is 0. The van der Waals surface area contributed by atoms with Gasteiger partial charge in [-0.15, -0.1) is 0 Å². The molecule has 0 saturated heterocycles. The molecule has 0 bridgehead atoms. The number of halogens is 3. The third-order valence-corrected chi connectivity index (χ3v) is 5.65. The first-order valence-electron chi connectivity index (χ1n) is 8.88. The summed E-state index contributed by atoms with van der Waals surface area (Å²) in [6.07, 6.45) is -4.71. The van der Waals surface area contributed by atoms with E-state index in [1.165, 1.54) is 42.8 Å². The molecule has 1 aromatic heterocycles. The molecule has 11 heteroatoms. The number of carbonyl (C=O) groups excluding carboxylic acids is 1. The Bertz CT molecular complexity index is 1180. The van der Waals surface area contributed by atoms with Crippen LogP contribution in [0.4, 0.5) is 13.2 Å². The van der Waals surface area contributed by atoms with Gasteiger partial charge in [-0.1, -0.05) is 37.3 Å². The van der Waals surface area contributed by atoms with Gasteiger partial charge in [0, 0.05) is 11.1 Å². The predicted molar refractivity (Wildman–Crippen MR) is 105 cm³/mol. The summed E-state index contributed by atoms with van der Waals surface area (Å²) in [4.78, 5) is 11.1. The van der Waals surface area contributed by atoms with Crippen LogP contribution in [-0.2, 0) is 21.0 Å². The Kier molecular flexibility index (Phi) is 7.75. The summed E-state index contributed by atoms with van der Waals surface area (Å²) in [5.41, 5.74) is -0.181. The van der Waals surface area contributed by atoms with Crippen LogP contribution < -0.4 is 29.6 Å². The molecule has 31 heavy (non-hydrogen) atoms. The number of hydrogen-bond acceptors (Lipinski definition) is 4. The van der Waals surface area contributed by atoms with Crippen molar-refractivity contribution in [1.82, 2.24) is 9.78 Å². The van der Waals surface area contributed by atoms with Crippen LogP contribution in [0.3, 0.4) is 0 Å². The first-order valence-corrected chi connectivity index (χ1v) is 10.3. The van der Waals surface area contributed by atoms with E-state index in [4.69, 9.17) is 0 Å². The Morgan fingerprint density at radius 3 is 2.16 bits per heavy atom. The molecular weight excluding hydrogens is 442 g/mol. The number of sulfonamides is 1. The normalized spacial score (nSPS) is 11.6. The van der Waals surface area contributed by atoms with Crippen LogP contribution in [0.25, 0.3) is 21.7 Å². The van der Waals surface area contributed by atoms with Crippen LogP contribution in [-0.4, -0.2) is 24.1 Å². The molecule has 0 unspecified atom stereocenters. The van der Waals surface area contributed by atoms with E-state index in [1.54, 1.807) is 30.3 Å². The van der Waals surface area contributed by atoms with Crippen molar-refractivity contribution in [1.29, 1.82) is 0 Å². The summed E-state index contributed by atoms with van der Waals surface area (Å²) in [5, 5.41) is 3.76. The van der Waals surface area contributed by atoms with Crippen LogP contribution in [0, 0.1) is 6.92 Å². The minimum Gasteiger partial charge on any atom is -0.542 e. The molecule has 0 aliphatic heterocycles. The van der Waals surface area contributed by atoms with Crippen molar-refractivity contribution in [2.75, 3.05) is 0 Å². The number of nitrogens with zero attached hydrogens (tertiary/aromatic N) is 3. The molecule has 1 heterocycles. The first kappa shape index (κ1) is 25.1. The first-order chi connectivity index (χ1) is 14.0. The second-order valence-corrected chi connectivity index (χ2v) is 8.01. The summed E-state index contributed by atoms with van der Waals surface area (Å²) in [7, 11) is -4.19. The van der Waals surface area contributed by atoms with Gasteiger partial charge in [-0.2, -0.15) is 18.3 Å². The molecular formula is C20H17F3N3NaO3S. The molecule has 2 aromatic carbocycles. The fourth-order valence-corrected chi connectivity index (χ4v) is 3.88. The third kappa shape index (κ3) is 5.38. The number of benzene rings is 2. The molecule has 0 spiro atoms. The Balaban J connectivity index is 0.00000341. The van der Waals surface area contributed by atoms with Gasteiger partial charge in [0.15, 0.2) is 5.69 Å². The van der Waals surface area contributed by atoms with Crippen molar-refractivity contribution >= 4 is 15.9 Å². The second kappa shape index (κ2) is 9.56. The van der Waals surface area contributed by atoms with E-state index in [0.29, 0.717) is 11.3 Å². The Morgan fingerprint density at radius 2 is 1.65 bits per heavy atom.